The van der Waals surface area contributed by atoms with Crippen LogP contribution in [0.15, 0.2) is 41.2 Å². The van der Waals surface area contributed by atoms with Crippen molar-refractivity contribution in [3.63, 3.8) is 0 Å². The fourth-order valence-electron chi connectivity index (χ4n) is 3.65. The number of hydrogen-bond acceptors (Lipinski definition) is 6. The van der Waals surface area contributed by atoms with Gasteiger partial charge >= 0.3 is 6.09 Å². The Hall–Kier alpha value is -2.71. The highest BCUT2D eigenvalue weighted by Gasteiger charge is 2.21. The van der Waals surface area contributed by atoms with Crippen molar-refractivity contribution in [2.24, 2.45) is 5.92 Å². The van der Waals surface area contributed by atoms with Crippen LogP contribution >= 0.6 is 11.3 Å². The molecule has 0 unspecified atom stereocenters. The van der Waals surface area contributed by atoms with Crippen LogP contribution in [0.3, 0.4) is 0 Å². The number of hydrogen-bond donors (Lipinski definition) is 1. The number of benzene rings is 1. The van der Waals surface area contributed by atoms with E-state index in [4.69, 9.17) is 9.72 Å². The molecule has 0 aliphatic carbocycles. The summed E-state index contributed by atoms with van der Waals surface area (Å²) in [5.74, 6) is 0.986. The minimum absolute atomic E-state index is 0.104. The average Bonchev–Trinajstić information content (AvgIpc) is 3.06. The van der Waals surface area contributed by atoms with Crippen molar-refractivity contribution >= 4 is 27.6 Å². The van der Waals surface area contributed by atoms with Crippen molar-refractivity contribution in [1.82, 2.24) is 19.8 Å². The lowest BCUT2D eigenvalue weighted by Crippen LogP contribution is -2.36. The maximum atomic E-state index is 12.6. The molecule has 164 valence electrons. The smallest absolute Gasteiger partial charge is 0.409 e. The van der Waals surface area contributed by atoms with Gasteiger partial charge in [0.25, 0.3) is 5.56 Å². The highest BCUT2D eigenvalue weighted by atomic mass is 32.1. The minimum atomic E-state index is -0.240. The zero-order valence-electron chi connectivity index (χ0n) is 18.0. The quantitative estimate of drug-likeness (QED) is 0.650. The number of amides is 1. The molecule has 2 aromatic heterocycles. The van der Waals surface area contributed by atoms with Crippen molar-refractivity contribution in [3.8, 4) is 10.4 Å². The molecule has 1 fully saturated rings. The summed E-state index contributed by atoms with van der Waals surface area (Å²) < 4.78 is 5.36. The molecule has 1 N–H and O–H groups in total. The maximum Gasteiger partial charge on any atom is 0.409 e. The molecule has 0 saturated carbocycles. The summed E-state index contributed by atoms with van der Waals surface area (Å²) in [6.07, 6.45) is 0.621. The van der Waals surface area contributed by atoms with E-state index in [0.717, 1.165) is 34.8 Å². The van der Waals surface area contributed by atoms with Crippen LogP contribution in [0.25, 0.3) is 20.7 Å². The second-order valence-electron chi connectivity index (χ2n) is 8.30. The van der Waals surface area contributed by atoms with Gasteiger partial charge in [0.15, 0.2) is 0 Å². The Balaban J connectivity index is 1.44. The van der Waals surface area contributed by atoms with Crippen molar-refractivity contribution in [3.05, 3.63) is 52.6 Å². The predicted octanol–water partition coefficient (Wildman–Crippen LogP) is 3.95. The number of nitrogens with one attached hydrogen (secondary N) is 1. The average molecular weight is 441 g/mol. The van der Waals surface area contributed by atoms with Gasteiger partial charge in [0, 0.05) is 31.1 Å². The molecule has 0 spiro atoms. The molecule has 1 aromatic carbocycles. The Labute approximate surface area is 185 Å². The Morgan fingerprint density at radius 2 is 2.00 bits per heavy atom. The summed E-state index contributed by atoms with van der Waals surface area (Å²) in [4.78, 5) is 38.4. The van der Waals surface area contributed by atoms with E-state index in [1.807, 2.05) is 50.2 Å². The molecule has 0 radical (unpaired) electrons. The standard InChI is InChI=1S/C23H28N4O3S/c1-16(2)15-30-23(29)27-10-6-9-26(11-12-27)14-20-24-21(28)18-13-19(31-22(18)25-20)17-7-4-3-5-8-17/h3-5,7-8,13,16H,6,9-12,14-15H2,1-2H3,(H,24,25,28). The molecule has 7 nitrogen and oxygen atoms in total. The van der Waals surface area contributed by atoms with Gasteiger partial charge in [-0.05, 0) is 24.0 Å². The lowest BCUT2D eigenvalue weighted by Gasteiger charge is -2.21. The monoisotopic (exact) mass is 440 g/mol. The SMILES string of the molecule is CC(C)COC(=O)N1CCCN(Cc2nc3sc(-c4ccccc4)cc3c(=O)[nH]2)CC1. The van der Waals surface area contributed by atoms with Crippen LogP contribution in [0, 0.1) is 5.92 Å². The fraction of sp³-hybridized carbons (Fsp3) is 0.435. The molecular weight excluding hydrogens is 412 g/mol. The van der Waals surface area contributed by atoms with Crippen LogP contribution in [0.2, 0.25) is 0 Å². The van der Waals surface area contributed by atoms with Gasteiger partial charge in [-0.1, -0.05) is 44.2 Å². The number of aromatic amines is 1. The van der Waals surface area contributed by atoms with E-state index in [1.165, 1.54) is 11.3 Å². The summed E-state index contributed by atoms with van der Waals surface area (Å²) in [6, 6.07) is 11.9. The number of carbonyl (C=O) groups is 1. The van der Waals surface area contributed by atoms with Crippen LogP contribution in [0.1, 0.15) is 26.1 Å². The van der Waals surface area contributed by atoms with Gasteiger partial charge < -0.3 is 14.6 Å². The van der Waals surface area contributed by atoms with E-state index in [9.17, 15) is 9.59 Å². The molecule has 1 amide bonds. The van der Waals surface area contributed by atoms with E-state index in [2.05, 4.69) is 9.88 Å². The fourth-order valence-corrected chi connectivity index (χ4v) is 4.70. The van der Waals surface area contributed by atoms with Crippen LogP contribution in [-0.2, 0) is 11.3 Å². The third-order valence-electron chi connectivity index (χ3n) is 5.27. The van der Waals surface area contributed by atoms with Crippen LogP contribution in [0.4, 0.5) is 4.79 Å². The van der Waals surface area contributed by atoms with Gasteiger partial charge in [-0.3, -0.25) is 9.69 Å². The maximum absolute atomic E-state index is 12.6. The molecule has 1 aliphatic heterocycles. The Bertz CT molecular complexity index is 1090. The Morgan fingerprint density at radius 3 is 2.77 bits per heavy atom. The number of aromatic nitrogens is 2. The topological polar surface area (TPSA) is 78.5 Å². The van der Waals surface area contributed by atoms with E-state index in [1.54, 1.807) is 4.90 Å². The van der Waals surface area contributed by atoms with Gasteiger partial charge in [-0.15, -0.1) is 11.3 Å². The lowest BCUT2D eigenvalue weighted by molar-refractivity contribution is 0.0930. The first kappa shape index (κ1) is 21.5. The molecule has 0 atom stereocenters. The highest BCUT2D eigenvalue weighted by molar-refractivity contribution is 7.21. The minimum Gasteiger partial charge on any atom is -0.449 e. The summed E-state index contributed by atoms with van der Waals surface area (Å²) in [5.41, 5.74) is 0.982. The van der Waals surface area contributed by atoms with Gasteiger partial charge in [0.1, 0.15) is 10.7 Å². The summed E-state index contributed by atoms with van der Waals surface area (Å²) in [7, 11) is 0. The lowest BCUT2D eigenvalue weighted by atomic mass is 10.2. The van der Waals surface area contributed by atoms with Gasteiger partial charge in [-0.25, -0.2) is 9.78 Å². The van der Waals surface area contributed by atoms with Gasteiger partial charge in [0.2, 0.25) is 0 Å². The summed E-state index contributed by atoms with van der Waals surface area (Å²) >= 11 is 1.54. The number of rotatable bonds is 5. The third-order valence-corrected chi connectivity index (χ3v) is 6.35. The normalized spacial score (nSPS) is 15.4. The van der Waals surface area contributed by atoms with Gasteiger partial charge in [0.05, 0.1) is 18.5 Å². The molecule has 8 heteroatoms. The first-order valence-electron chi connectivity index (χ1n) is 10.7. The van der Waals surface area contributed by atoms with Crippen LogP contribution < -0.4 is 5.56 Å². The van der Waals surface area contributed by atoms with Crippen LogP contribution in [0.5, 0.6) is 0 Å². The predicted molar refractivity (Wildman–Crippen MR) is 123 cm³/mol. The molecule has 3 aromatic rings. The second-order valence-corrected chi connectivity index (χ2v) is 9.33. The molecule has 3 heterocycles. The molecular formula is C23H28N4O3S. The first-order valence-corrected chi connectivity index (χ1v) is 11.5. The Kier molecular flexibility index (Phi) is 6.67. The van der Waals surface area contributed by atoms with Crippen molar-refractivity contribution < 1.29 is 9.53 Å². The number of thiophene rings is 1. The number of H-pyrrole nitrogens is 1. The number of ether oxygens (including phenoxy) is 1. The third kappa shape index (κ3) is 5.32. The molecule has 31 heavy (non-hydrogen) atoms. The van der Waals surface area contributed by atoms with Crippen molar-refractivity contribution in [2.45, 2.75) is 26.8 Å². The van der Waals surface area contributed by atoms with Crippen LogP contribution in [-0.4, -0.2) is 58.6 Å². The molecule has 1 saturated heterocycles. The van der Waals surface area contributed by atoms with E-state index >= 15 is 0 Å². The second kappa shape index (κ2) is 9.62. The van der Waals surface area contributed by atoms with E-state index in [-0.39, 0.29) is 11.7 Å². The number of fused-ring (bicyclic) bond motifs is 1. The molecule has 1 aliphatic rings. The molecule has 4 rings (SSSR count). The summed E-state index contributed by atoms with van der Waals surface area (Å²) in [5, 5.41) is 0.627. The van der Waals surface area contributed by atoms with Gasteiger partial charge in [-0.2, -0.15) is 0 Å². The highest BCUT2D eigenvalue weighted by Crippen LogP contribution is 2.30. The van der Waals surface area contributed by atoms with Crippen molar-refractivity contribution in [2.75, 3.05) is 32.8 Å². The molecule has 0 bridgehead atoms. The number of nitrogens with zero attached hydrogens (tertiary/aromatic N) is 3. The first-order chi connectivity index (χ1) is 15.0. The summed E-state index contributed by atoms with van der Waals surface area (Å²) in [6.45, 7) is 7.90. The Morgan fingerprint density at radius 1 is 1.19 bits per heavy atom. The van der Waals surface area contributed by atoms with E-state index in [0.29, 0.717) is 43.4 Å². The van der Waals surface area contributed by atoms with Crippen molar-refractivity contribution in [1.29, 1.82) is 0 Å². The largest absolute Gasteiger partial charge is 0.449 e. The zero-order valence-corrected chi connectivity index (χ0v) is 18.8. The number of carbonyl (C=O) groups excluding carboxylic acids is 1. The zero-order chi connectivity index (χ0) is 21.8. The van der Waals surface area contributed by atoms with E-state index < -0.39 is 0 Å².